The van der Waals surface area contributed by atoms with Gasteiger partial charge in [-0.05, 0) is 32.6 Å². The molecule has 20 heavy (non-hydrogen) atoms. The van der Waals surface area contributed by atoms with Crippen LogP contribution in [0.25, 0.3) is 0 Å². The summed E-state index contributed by atoms with van der Waals surface area (Å²) in [5.74, 6) is -0.450. The summed E-state index contributed by atoms with van der Waals surface area (Å²) in [6, 6.07) is -0.0162. The highest BCUT2D eigenvalue weighted by Gasteiger charge is 2.38. The Morgan fingerprint density at radius 1 is 1.20 bits per heavy atom. The molecule has 5 nitrogen and oxygen atoms in total. The molecule has 1 saturated carbocycles. The number of carbonyl (C=O) groups excluding carboxylic acids is 1. The van der Waals surface area contributed by atoms with Crippen molar-refractivity contribution < 1.29 is 14.7 Å². The predicted octanol–water partition coefficient (Wildman–Crippen LogP) is 2.85. The van der Waals surface area contributed by atoms with Crippen LogP contribution in [0, 0.1) is 5.92 Å². The van der Waals surface area contributed by atoms with Gasteiger partial charge in [0.2, 0.25) is 0 Å². The quantitative estimate of drug-likeness (QED) is 0.788. The van der Waals surface area contributed by atoms with Crippen LogP contribution < -0.4 is 5.32 Å². The zero-order valence-electron chi connectivity index (χ0n) is 13.1. The number of carbonyl (C=O) groups is 2. The van der Waals surface area contributed by atoms with Crippen molar-refractivity contribution in [3.8, 4) is 0 Å². The molecule has 0 aromatic rings. The van der Waals surface area contributed by atoms with Crippen LogP contribution in [0.15, 0.2) is 0 Å². The second-order valence-electron chi connectivity index (χ2n) is 6.63. The Balaban J connectivity index is 2.75. The summed E-state index contributed by atoms with van der Waals surface area (Å²) in [5.41, 5.74) is -0.549. The van der Waals surface area contributed by atoms with Gasteiger partial charge in [-0.25, -0.2) is 4.79 Å². The second kappa shape index (κ2) is 6.95. The molecule has 5 heteroatoms. The van der Waals surface area contributed by atoms with E-state index in [0.29, 0.717) is 12.5 Å². The molecule has 2 N–H and O–H groups in total. The summed E-state index contributed by atoms with van der Waals surface area (Å²) in [5, 5.41) is 12.1. The minimum absolute atomic E-state index is 0.0202. The Hall–Kier alpha value is -1.26. The first kappa shape index (κ1) is 16.8. The number of aliphatic carboxylic acids is 1. The van der Waals surface area contributed by atoms with E-state index in [1.165, 1.54) is 0 Å². The Morgan fingerprint density at radius 2 is 1.75 bits per heavy atom. The second-order valence-corrected chi connectivity index (χ2v) is 6.63. The van der Waals surface area contributed by atoms with Crippen LogP contribution >= 0.6 is 0 Å². The summed E-state index contributed by atoms with van der Waals surface area (Å²) in [6.45, 7) is 8.81. The molecule has 116 valence electrons. The molecule has 0 aromatic carbocycles. The third-order valence-electron chi connectivity index (χ3n) is 3.87. The standard InChI is InChI=1S/C15H28N2O3/c1-11(2)10-17(12(3)4)14(20)16-15(9-13(18)19)7-5-6-8-15/h11-12H,5-10H2,1-4H3,(H,16,20)(H,18,19). The summed E-state index contributed by atoms with van der Waals surface area (Å²) >= 11 is 0. The maximum absolute atomic E-state index is 12.5. The average molecular weight is 284 g/mol. The minimum atomic E-state index is -0.841. The molecular weight excluding hydrogens is 256 g/mol. The van der Waals surface area contributed by atoms with Gasteiger partial charge in [-0.1, -0.05) is 26.7 Å². The SMILES string of the molecule is CC(C)CN(C(=O)NC1(CC(=O)O)CCCC1)C(C)C. The van der Waals surface area contributed by atoms with Gasteiger partial charge >= 0.3 is 12.0 Å². The van der Waals surface area contributed by atoms with Crippen LogP contribution in [0.3, 0.4) is 0 Å². The third kappa shape index (κ3) is 4.69. The Kier molecular flexibility index (Phi) is 5.84. The average Bonchev–Trinajstić information content (AvgIpc) is 2.72. The summed E-state index contributed by atoms with van der Waals surface area (Å²) in [7, 11) is 0. The summed E-state index contributed by atoms with van der Waals surface area (Å²) in [6.07, 6.45) is 3.52. The Morgan fingerprint density at radius 3 is 2.15 bits per heavy atom. The van der Waals surface area contributed by atoms with E-state index in [2.05, 4.69) is 19.2 Å². The lowest BCUT2D eigenvalue weighted by Crippen LogP contribution is -2.55. The summed E-state index contributed by atoms with van der Waals surface area (Å²) < 4.78 is 0. The number of carboxylic acid groups (broad SMARTS) is 1. The first-order chi connectivity index (χ1) is 9.26. The number of urea groups is 1. The molecule has 0 aliphatic heterocycles. The van der Waals surface area contributed by atoms with Crippen molar-refractivity contribution in [1.82, 2.24) is 10.2 Å². The number of nitrogens with zero attached hydrogens (tertiary/aromatic N) is 1. The molecule has 1 aliphatic carbocycles. The van der Waals surface area contributed by atoms with Crippen LogP contribution in [0.5, 0.6) is 0 Å². The van der Waals surface area contributed by atoms with E-state index >= 15 is 0 Å². The van der Waals surface area contributed by atoms with Gasteiger partial charge in [0, 0.05) is 12.6 Å². The molecule has 0 atom stereocenters. The van der Waals surface area contributed by atoms with Gasteiger partial charge in [0.05, 0.1) is 12.0 Å². The smallest absolute Gasteiger partial charge is 0.318 e. The molecule has 1 rings (SSSR count). The lowest BCUT2D eigenvalue weighted by molar-refractivity contribution is -0.138. The molecule has 0 bridgehead atoms. The van der Waals surface area contributed by atoms with Gasteiger partial charge in [-0.3, -0.25) is 4.79 Å². The van der Waals surface area contributed by atoms with Crippen molar-refractivity contribution >= 4 is 12.0 Å². The highest BCUT2D eigenvalue weighted by molar-refractivity contribution is 5.77. The molecule has 1 fully saturated rings. The summed E-state index contributed by atoms with van der Waals surface area (Å²) in [4.78, 5) is 25.3. The van der Waals surface area contributed by atoms with Crippen molar-refractivity contribution in [2.75, 3.05) is 6.54 Å². The monoisotopic (exact) mass is 284 g/mol. The lowest BCUT2D eigenvalue weighted by atomic mass is 9.93. The van der Waals surface area contributed by atoms with E-state index in [0.717, 1.165) is 25.7 Å². The van der Waals surface area contributed by atoms with Gasteiger partial charge in [-0.15, -0.1) is 0 Å². The van der Waals surface area contributed by atoms with Crippen LogP contribution in [0.4, 0.5) is 4.79 Å². The fourth-order valence-electron chi connectivity index (χ4n) is 2.91. The largest absolute Gasteiger partial charge is 0.481 e. The molecule has 0 spiro atoms. The molecular formula is C15H28N2O3. The maximum Gasteiger partial charge on any atom is 0.318 e. The number of hydrogen-bond acceptors (Lipinski definition) is 2. The van der Waals surface area contributed by atoms with E-state index < -0.39 is 11.5 Å². The van der Waals surface area contributed by atoms with Gasteiger partial charge in [0.25, 0.3) is 0 Å². The normalized spacial score (nSPS) is 17.5. The van der Waals surface area contributed by atoms with Crippen molar-refractivity contribution in [2.24, 2.45) is 5.92 Å². The maximum atomic E-state index is 12.5. The number of rotatable bonds is 6. The molecule has 0 saturated heterocycles. The predicted molar refractivity (Wildman–Crippen MR) is 78.7 cm³/mol. The van der Waals surface area contributed by atoms with E-state index in [1.807, 2.05) is 13.8 Å². The van der Waals surface area contributed by atoms with Crippen molar-refractivity contribution in [3.63, 3.8) is 0 Å². The van der Waals surface area contributed by atoms with E-state index in [9.17, 15) is 9.59 Å². The minimum Gasteiger partial charge on any atom is -0.481 e. The van der Waals surface area contributed by atoms with Gasteiger partial charge < -0.3 is 15.3 Å². The molecule has 0 radical (unpaired) electrons. The van der Waals surface area contributed by atoms with E-state index in [1.54, 1.807) is 4.90 Å². The lowest BCUT2D eigenvalue weighted by Gasteiger charge is -2.35. The molecule has 1 aliphatic rings. The van der Waals surface area contributed by atoms with Crippen LogP contribution in [-0.4, -0.2) is 40.1 Å². The Bertz CT molecular complexity index is 347. The highest BCUT2D eigenvalue weighted by Crippen LogP contribution is 2.33. The highest BCUT2D eigenvalue weighted by atomic mass is 16.4. The first-order valence-corrected chi connectivity index (χ1v) is 7.56. The van der Waals surface area contributed by atoms with Crippen molar-refractivity contribution in [1.29, 1.82) is 0 Å². The van der Waals surface area contributed by atoms with Gasteiger partial charge in [-0.2, -0.15) is 0 Å². The van der Waals surface area contributed by atoms with Crippen LogP contribution in [-0.2, 0) is 4.79 Å². The topological polar surface area (TPSA) is 69.6 Å². The van der Waals surface area contributed by atoms with E-state index in [-0.39, 0.29) is 18.5 Å². The third-order valence-corrected chi connectivity index (χ3v) is 3.87. The first-order valence-electron chi connectivity index (χ1n) is 7.56. The van der Waals surface area contributed by atoms with Crippen LogP contribution in [0.2, 0.25) is 0 Å². The fraction of sp³-hybridized carbons (Fsp3) is 0.867. The molecule has 0 unspecified atom stereocenters. The van der Waals surface area contributed by atoms with Crippen molar-refractivity contribution in [2.45, 2.75) is 71.4 Å². The molecule has 0 aromatic heterocycles. The zero-order valence-corrected chi connectivity index (χ0v) is 13.1. The van der Waals surface area contributed by atoms with Gasteiger partial charge in [0.15, 0.2) is 0 Å². The molecule has 0 heterocycles. The molecule has 2 amide bonds. The number of nitrogens with one attached hydrogen (secondary N) is 1. The Labute approximate surface area is 121 Å². The fourth-order valence-corrected chi connectivity index (χ4v) is 2.91. The number of amides is 2. The van der Waals surface area contributed by atoms with Crippen LogP contribution in [0.1, 0.15) is 59.8 Å². The van der Waals surface area contributed by atoms with E-state index in [4.69, 9.17) is 5.11 Å². The zero-order chi connectivity index (χ0) is 15.3. The van der Waals surface area contributed by atoms with Crippen molar-refractivity contribution in [3.05, 3.63) is 0 Å². The number of carboxylic acids is 1. The number of hydrogen-bond donors (Lipinski definition) is 2. The van der Waals surface area contributed by atoms with Gasteiger partial charge in [0.1, 0.15) is 0 Å².